The molecule has 1 atom stereocenters. The van der Waals surface area contributed by atoms with Crippen molar-refractivity contribution in [3.8, 4) is 0 Å². The summed E-state index contributed by atoms with van der Waals surface area (Å²) in [5.41, 5.74) is 0.699. The lowest BCUT2D eigenvalue weighted by Crippen LogP contribution is -2.14. The fraction of sp³-hybridized carbons (Fsp3) is 0.667. The first-order valence-corrected chi connectivity index (χ1v) is 4.79. The molecule has 1 aliphatic rings. The first-order chi connectivity index (χ1) is 6.68. The van der Waals surface area contributed by atoms with Crippen LogP contribution in [0.25, 0.3) is 0 Å². The van der Waals surface area contributed by atoms with Crippen LogP contribution in [0.3, 0.4) is 0 Å². The third-order valence-electron chi connectivity index (χ3n) is 2.59. The van der Waals surface area contributed by atoms with Gasteiger partial charge in [-0.1, -0.05) is 5.21 Å². The summed E-state index contributed by atoms with van der Waals surface area (Å²) in [4.78, 5) is 10.8. The number of carboxylic acids is 1. The molecular formula is C9H13N3O2. The van der Waals surface area contributed by atoms with E-state index in [9.17, 15) is 4.79 Å². The van der Waals surface area contributed by atoms with Gasteiger partial charge in [-0.25, -0.2) is 4.68 Å². The fourth-order valence-electron chi connectivity index (χ4n) is 1.41. The Labute approximate surface area is 81.7 Å². The Morgan fingerprint density at radius 3 is 3.07 bits per heavy atom. The lowest BCUT2D eigenvalue weighted by Gasteiger charge is -2.08. The van der Waals surface area contributed by atoms with E-state index >= 15 is 0 Å². The summed E-state index contributed by atoms with van der Waals surface area (Å²) < 4.78 is 1.72. The van der Waals surface area contributed by atoms with Gasteiger partial charge in [0, 0.05) is 6.54 Å². The molecule has 0 amide bonds. The summed E-state index contributed by atoms with van der Waals surface area (Å²) in [6.45, 7) is 2.47. The minimum atomic E-state index is -0.829. The monoisotopic (exact) mass is 195 g/mol. The van der Waals surface area contributed by atoms with Crippen molar-refractivity contribution in [1.29, 1.82) is 0 Å². The van der Waals surface area contributed by atoms with Crippen LogP contribution < -0.4 is 0 Å². The predicted octanol–water partition coefficient (Wildman–Crippen LogP) is 0.876. The molecule has 14 heavy (non-hydrogen) atoms. The number of hydrogen-bond donors (Lipinski definition) is 1. The van der Waals surface area contributed by atoms with Crippen molar-refractivity contribution < 1.29 is 9.90 Å². The van der Waals surface area contributed by atoms with E-state index < -0.39 is 11.9 Å². The summed E-state index contributed by atoms with van der Waals surface area (Å²) >= 11 is 0. The highest BCUT2D eigenvalue weighted by molar-refractivity contribution is 5.74. The number of nitrogens with zero attached hydrogens (tertiary/aromatic N) is 3. The largest absolute Gasteiger partial charge is 0.481 e. The van der Waals surface area contributed by atoms with Gasteiger partial charge < -0.3 is 5.11 Å². The molecule has 1 heterocycles. The third-order valence-corrected chi connectivity index (χ3v) is 2.59. The number of aromatic nitrogens is 3. The Morgan fingerprint density at radius 1 is 1.79 bits per heavy atom. The van der Waals surface area contributed by atoms with Crippen molar-refractivity contribution >= 4 is 5.97 Å². The maximum atomic E-state index is 10.8. The molecule has 0 radical (unpaired) electrons. The van der Waals surface area contributed by atoms with Gasteiger partial charge in [0.15, 0.2) is 0 Å². The highest BCUT2D eigenvalue weighted by atomic mass is 16.4. The smallest absolute Gasteiger partial charge is 0.312 e. The SMILES string of the molecule is CC(C(=O)O)c1cnnn1CC1CC1. The fourth-order valence-corrected chi connectivity index (χ4v) is 1.41. The summed E-state index contributed by atoms with van der Waals surface area (Å²) in [7, 11) is 0. The molecule has 1 aromatic rings. The molecule has 1 aliphatic carbocycles. The first-order valence-electron chi connectivity index (χ1n) is 4.79. The molecule has 0 spiro atoms. The highest BCUT2D eigenvalue weighted by Gasteiger charge is 2.25. The van der Waals surface area contributed by atoms with Crippen molar-refractivity contribution in [3.63, 3.8) is 0 Å². The van der Waals surface area contributed by atoms with Crippen molar-refractivity contribution in [2.24, 2.45) is 5.92 Å². The number of carboxylic acid groups (broad SMARTS) is 1. The van der Waals surface area contributed by atoms with Crippen LogP contribution in [0.15, 0.2) is 6.20 Å². The van der Waals surface area contributed by atoms with Gasteiger partial charge in [-0.2, -0.15) is 0 Å². The predicted molar refractivity (Wildman–Crippen MR) is 48.8 cm³/mol. The summed E-state index contributed by atoms with van der Waals surface area (Å²) in [6, 6.07) is 0. The molecule has 1 N–H and O–H groups in total. The molecule has 0 bridgehead atoms. The Morgan fingerprint density at radius 2 is 2.50 bits per heavy atom. The molecule has 0 saturated heterocycles. The van der Waals surface area contributed by atoms with Gasteiger partial charge >= 0.3 is 5.97 Å². The maximum absolute atomic E-state index is 10.8. The minimum Gasteiger partial charge on any atom is -0.481 e. The van der Waals surface area contributed by atoms with Crippen molar-refractivity contribution in [2.45, 2.75) is 32.2 Å². The lowest BCUT2D eigenvalue weighted by molar-refractivity contribution is -0.138. The van der Waals surface area contributed by atoms with Gasteiger partial charge in [0.1, 0.15) is 0 Å². The molecule has 1 unspecified atom stereocenters. The van der Waals surface area contributed by atoms with E-state index in [-0.39, 0.29) is 0 Å². The van der Waals surface area contributed by atoms with Gasteiger partial charge in [0.25, 0.3) is 0 Å². The average Bonchev–Trinajstić information content (AvgIpc) is 2.82. The Bertz CT molecular complexity index is 344. The molecular weight excluding hydrogens is 182 g/mol. The minimum absolute atomic E-state index is 0.524. The number of carbonyl (C=O) groups is 1. The number of hydrogen-bond acceptors (Lipinski definition) is 3. The van der Waals surface area contributed by atoms with Crippen LogP contribution >= 0.6 is 0 Å². The molecule has 1 aromatic heterocycles. The summed E-state index contributed by atoms with van der Waals surface area (Å²) in [5, 5.41) is 16.5. The molecule has 76 valence electrons. The Kier molecular flexibility index (Phi) is 2.23. The molecule has 2 rings (SSSR count). The zero-order chi connectivity index (χ0) is 10.1. The van der Waals surface area contributed by atoms with E-state index in [0.717, 1.165) is 6.54 Å². The first kappa shape index (κ1) is 9.18. The standard InChI is InChI=1S/C9H13N3O2/c1-6(9(13)14)8-4-10-11-12(8)5-7-2-3-7/h4,6-7H,2-3,5H2,1H3,(H,13,14). The zero-order valence-corrected chi connectivity index (χ0v) is 8.05. The van der Waals surface area contributed by atoms with E-state index in [1.54, 1.807) is 17.8 Å². The van der Waals surface area contributed by atoms with Crippen LogP contribution in [0.5, 0.6) is 0 Å². The van der Waals surface area contributed by atoms with Gasteiger partial charge in [-0.3, -0.25) is 4.79 Å². The van der Waals surface area contributed by atoms with E-state index in [4.69, 9.17) is 5.11 Å². The van der Waals surface area contributed by atoms with Crippen LogP contribution in [-0.2, 0) is 11.3 Å². The van der Waals surface area contributed by atoms with Crippen LogP contribution in [0, 0.1) is 5.92 Å². The highest BCUT2D eigenvalue weighted by Crippen LogP contribution is 2.31. The summed E-state index contributed by atoms with van der Waals surface area (Å²) in [5.74, 6) is -0.676. The van der Waals surface area contributed by atoms with Crippen molar-refractivity contribution in [1.82, 2.24) is 15.0 Å². The van der Waals surface area contributed by atoms with Crippen molar-refractivity contribution in [3.05, 3.63) is 11.9 Å². The quantitative estimate of drug-likeness (QED) is 0.774. The van der Waals surface area contributed by atoms with E-state index in [1.165, 1.54) is 12.8 Å². The molecule has 5 heteroatoms. The molecule has 0 aliphatic heterocycles. The van der Waals surface area contributed by atoms with Gasteiger partial charge in [0.2, 0.25) is 0 Å². The van der Waals surface area contributed by atoms with Crippen LogP contribution in [0.2, 0.25) is 0 Å². The average molecular weight is 195 g/mol. The molecule has 0 aromatic carbocycles. The topological polar surface area (TPSA) is 68.0 Å². The molecule has 1 fully saturated rings. The molecule has 5 nitrogen and oxygen atoms in total. The van der Waals surface area contributed by atoms with Crippen molar-refractivity contribution in [2.75, 3.05) is 0 Å². The Balaban J connectivity index is 2.14. The maximum Gasteiger partial charge on any atom is 0.312 e. The van der Waals surface area contributed by atoms with Gasteiger partial charge in [-0.05, 0) is 25.7 Å². The lowest BCUT2D eigenvalue weighted by atomic mass is 10.1. The number of rotatable bonds is 4. The second-order valence-electron chi connectivity index (χ2n) is 3.84. The second kappa shape index (κ2) is 3.40. The van der Waals surface area contributed by atoms with E-state index in [0.29, 0.717) is 11.6 Å². The van der Waals surface area contributed by atoms with Crippen LogP contribution in [0.1, 0.15) is 31.4 Å². The Hall–Kier alpha value is -1.39. The van der Waals surface area contributed by atoms with Crippen LogP contribution in [-0.4, -0.2) is 26.1 Å². The zero-order valence-electron chi connectivity index (χ0n) is 8.05. The normalized spacial score (nSPS) is 18.1. The van der Waals surface area contributed by atoms with E-state index in [1.807, 2.05) is 0 Å². The third kappa shape index (κ3) is 1.76. The van der Waals surface area contributed by atoms with Gasteiger partial charge in [-0.15, -0.1) is 5.10 Å². The van der Waals surface area contributed by atoms with E-state index in [2.05, 4.69) is 10.3 Å². The van der Waals surface area contributed by atoms with Crippen LogP contribution in [0.4, 0.5) is 0 Å². The number of aliphatic carboxylic acids is 1. The van der Waals surface area contributed by atoms with Gasteiger partial charge in [0.05, 0.1) is 17.8 Å². The second-order valence-corrected chi connectivity index (χ2v) is 3.84. The molecule has 1 saturated carbocycles. The summed E-state index contributed by atoms with van der Waals surface area (Å²) in [6.07, 6.45) is 3.99.